The number of rotatable bonds is 9. The smallest absolute Gasteiger partial charge is 0.314 e. The summed E-state index contributed by atoms with van der Waals surface area (Å²) in [5.41, 5.74) is 4.95. The average Bonchev–Trinajstić information content (AvgIpc) is 3.56. The van der Waals surface area contributed by atoms with E-state index in [9.17, 15) is 14.9 Å². The van der Waals surface area contributed by atoms with E-state index in [1.807, 2.05) is 24.3 Å². The third-order valence-electron chi connectivity index (χ3n) is 8.47. The van der Waals surface area contributed by atoms with E-state index in [0.29, 0.717) is 63.9 Å². The largest absolute Gasteiger partial charge is 0.497 e. The molecule has 1 aliphatic carbocycles. The summed E-state index contributed by atoms with van der Waals surface area (Å²) in [6.07, 6.45) is 2.31. The molecule has 1 spiro atoms. The molecule has 0 aromatic heterocycles. The number of carbonyl (C=O) groups excluding carboxylic acids is 2. The third-order valence-corrected chi connectivity index (χ3v) is 8.47. The van der Waals surface area contributed by atoms with Crippen molar-refractivity contribution < 1.29 is 23.1 Å². The van der Waals surface area contributed by atoms with Gasteiger partial charge in [-0.25, -0.2) is 13.6 Å². The first-order valence-electron chi connectivity index (χ1n) is 13.1. The van der Waals surface area contributed by atoms with Gasteiger partial charge >= 0.3 is 6.03 Å². The first kappa shape index (κ1) is 27.0. The Morgan fingerprint density at radius 1 is 1.19 bits per heavy atom. The van der Waals surface area contributed by atoms with Gasteiger partial charge in [0.15, 0.2) is 0 Å². The van der Waals surface area contributed by atoms with Crippen LogP contribution >= 0.6 is 0 Å². The van der Waals surface area contributed by atoms with E-state index in [4.69, 9.17) is 10.5 Å². The van der Waals surface area contributed by atoms with Crippen molar-refractivity contribution >= 4 is 17.6 Å². The van der Waals surface area contributed by atoms with Crippen molar-refractivity contribution in [3.63, 3.8) is 0 Å². The third kappa shape index (κ3) is 5.60. The molecule has 2 heterocycles. The van der Waals surface area contributed by atoms with Gasteiger partial charge in [-0.05, 0) is 61.8 Å². The summed E-state index contributed by atoms with van der Waals surface area (Å²) >= 11 is 0. The fourth-order valence-corrected chi connectivity index (χ4v) is 6.24. The van der Waals surface area contributed by atoms with E-state index in [1.165, 1.54) is 0 Å². The van der Waals surface area contributed by atoms with Crippen LogP contribution in [0.2, 0.25) is 0 Å². The van der Waals surface area contributed by atoms with Gasteiger partial charge in [0.25, 0.3) is 0 Å². The maximum atomic E-state index is 15.2. The number of benzene rings is 1. The Bertz CT molecular complexity index is 1030. The molecule has 1 aromatic rings. The first-order valence-corrected chi connectivity index (χ1v) is 13.1. The molecule has 3 N–H and O–H groups in total. The maximum absolute atomic E-state index is 15.2. The van der Waals surface area contributed by atoms with Crippen molar-refractivity contribution in [1.82, 2.24) is 10.2 Å². The SMILES string of the molecule is CCCC(F)(F)C[C@H](C(=O)NC1(C#N)CC1)C1N(c2ccc(OC)cc2)CCC12CCN(C(N)=O)CC2. The number of anilines is 1. The lowest BCUT2D eigenvalue weighted by Gasteiger charge is -2.47. The molecular weight excluding hydrogens is 480 g/mol. The number of methoxy groups -OCH3 is 1. The summed E-state index contributed by atoms with van der Waals surface area (Å²) in [4.78, 5) is 29.2. The molecule has 1 unspecified atom stereocenters. The van der Waals surface area contributed by atoms with Crippen LogP contribution in [-0.2, 0) is 4.79 Å². The van der Waals surface area contributed by atoms with E-state index in [0.717, 1.165) is 5.69 Å². The van der Waals surface area contributed by atoms with Crippen LogP contribution in [0.15, 0.2) is 24.3 Å². The molecule has 0 bridgehead atoms. The second-order valence-electron chi connectivity index (χ2n) is 10.9. The van der Waals surface area contributed by atoms with Crippen LogP contribution in [0.5, 0.6) is 5.75 Å². The van der Waals surface area contributed by atoms with Crippen molar-refractivity contribution in [2.75, 3.05) is 31.6 Å². The Morgan fingerprint density at radius 3 is 2.32 bits per heavy atom. The zero-order chi connectivity index (χ0) is 26.8. The lowest BCUT2D eigenvalue weighted by Crippen LogP contribution is -2.57. The topological polar surface area (TPSA) is 112 Å². The molecule has 1 aromatic carbocycles. The number of carbonyl (C=O) groups is 2. The van der Waals surface area contributed by atoms with Gasteiger partial charge in [0, 0.05) is 44.2 Å². The number of ether oxygens (including phenoxy) is 1. The van der Waals surface area contributed by atoms with Gasteiger partial charge in [-0.3, -0.25) is 4.79 Å². The van der Waals surface area contributed by atoms with Crippen molar-refractivity contribution in [1.29, 1.82) is 5.26 Å². The van der Waals surface area contributed by atoms with Crippen LogP contribution < -0.4 is 20.7 Å². The van der Waals surface area contributed by atoms with Crippen molar-refractivity contribution in [2.45, 2.75) is 75.8 Å². The number of urea groups is 1. The Hall–Kier alpha value is -3.09. The standard InChI is InChI=1S/C27H37F2N5O3/c1-3-8-27(28,29)17-21(23(35)32-26(18-30)9-10-26)22-25(11-14-33(15-12-25)24(31)36)13-16-34(22)19-4-6-20(37-2)7-5-19/h4-7,21-22H,3,8-17H2,1-2H3,(H2,31,36)(H,32,35)/t21-,22?/m0/s1. The lowest BCUT2D eigenvalue weighted by atomic mass is 9.67. The zero-order valence-corrected chi connectivity index (χ0v) is 21.6. The number of halogens is 2. The number of likely N-dealkylation sites (tertiary alicyclic amines) is 1. The minimum absolute atomic E-state index is 0.301. The molecule has 202 valence electrons. The molecule has 4 rings (SSSR count). The fourth-order valence-electron chi connectivity index (χ4n) is 6.24. The molecule has 3 aliphatic rings. The molecule has 2 atom stereocenters. The highest BCUT2D eigenvalue weighted by Gasteiger charge is 2.57. The van der Waals surface area contributed by atoms with Gasteiger partial charge in [0.1, 0.15) is 11.3 Å². The summed E-state index contributed by atoms with van der Waals surface area (Å²) in [7, 11) is 1.58. The van der Waals surface area contributed by atoms with E-state index >= 15 is 8.78 Å². The Balaban J connectivity index is 1.74. The fraction of sp³-hybridized carbons (Fsp3) is 0.667. The average molecular weight is 518 g/mol. The number of nitriles is 1. The van der Waals surface area contributed by atoms with Crippen LogP contribution in [0.4, 0.5) is 19.3 Å². The number of hydrogen-bond donors (Lipinski definition) is 2. The van der Waals surface area contributed by atoms with Crippen molar-refractivity contribution in [2.24, 2.45) is 17.1 Å². The number of nitrogens with two attached hydrogens (primary N) is 1. The number of hydrogen-bond acceptors (Lipinski definition) is 5. The van der Waals surface area contributed by atoms with E-state index in [2.05, 4.69) is 16.3 Å². The van der Waals surface area contributed by atoms with Gasteiger partial charge in [-0.2, -0.15) is 5.26 Å². The minimum Gasteiger partial charge on any atom is -0.497 e. The predicted octanol–water partition coefficient (Wildman–Crippen LogP) is 4.05. The van der Waals surface area contributed by atoms with Crippen LogP contribution in [0.1, 0.15) is 58.3 Å². The van der Waals surface area contributed by atoms with Gasteiger partial charge in [-0.1, -0.05) is 13.3 Å². The number of amides is 3. The molecule has 2 saturated heterocycles. The number of primary amides is 1. The van der Waals surface area contributed by atoms with Crippen LogP contribution in [0, 0.1) is 22.7 Å². The Labute approximate surface area is 217 Å². The van der Waals surface area contributed by atoms with Crippen LogP contribution in [0.25, 0.3) is 0 Å². The summed E-state index contributed by atoms with van der Waals surface area (Å²) in [5.74, 6) is -3.87. The number of piperidine rings is 1. The van der Waals surface area contributed by atoms with Crippen LogP contribution in [-0.4, -0.2) is 61.1 Å². The first-order chi connectivity index (χ1) is 17.6. The quantitative estimate of drug-likeness (QED) is 0.513. The van der Waals surface area contributed by atoms with Gasteiger partial charge in [0.05, 0.1) is 19.1 Å². The number of alkyl halides is 2. The predicted molar refractivity (Wildman–Crippen MR) is 135 cm³/mol. The molecular formula is C27H37F2N5O3. The molecule has 37 heavy (non-hydrogen) atoms. The summed E-state index contributed by atoms with van der Waals surface area (Å²) in [5, 5.41) is 12.4. The van der Waals surface area contributed by atoms with E-state index in [-0.39, 0.29) is 6.42 Å². The molecule has 0 radical (unpaired) electrons. The number of nitrogens with one attached hydrogen (secondary N) is 1. The van der Waals surface area contributed by atoms with Gasteiger partial charge in [0.2, 0.25) is 11.8 Å². The summed E-state index contributed by atoms with van der Waals surface area (Å²) in [6, 6.07) is 8.56. The summed E-state index contributed by atoms with van der Waals surface area (Å²) in [6.45, 7) is 3.15. The number of nitrogens with zero attached hydrogens (tertiary/aromatic N) is 3. The molecule has 1 saturated carbocycles. The summed E-state index contributed by atoms with van der Waals surface area (Å²) < 4.78 is 35.7. The monoisotopic (exact) mass is 517 g/mol. The van der Waals surface area contributed by atoms with Crippen molar-refractivity contribution in [3.8, 4) is 11.8 Å². The molecule has 8 nitrogen and oxygen atoms in total. The highest BCUT2D eigenvalue weighted by Crippen LogP contribution is 2.52. The minimum atomic E-state index is -3.02. The zero-order valence-electron chi connectivity index (χ0n) is 21.6. The molecule has 10 heteroatoms. The van der Waals surface area contributed by atoms with Crippen molar-refractivity contribution in [3.05, 3.63) is 24.3 Å². The Morgan fingerprint density at radius 2 is 1.81 bits per heavy atom. The normalized spacial score (nSPS) is 22.8. The Kier molecular flexibility index (Phi) is 7.54. The molecule has 2 aliphatic heterocycles. The van der Waals surface area contributed by atoms with E-state index < -0.39 is 47.2 Å². The van der Waals surface area contributed by atoms with Gasteiger partial charge in [-0.15, -0.1) is 0 Å². The van der Waals surface area contributed by atoms with Crippen LogP contribution in [0.3, 0.4) is 0 Å². The highest BCUT2D eigenvalue weighted by molar-refractivity contribution is 5.82. The van der Waals surface area contributed by atoms with E-state index in [1.54, 1.807) is 18.9 Å². The maximum Gasteiger partial charge on any atom is 0.314 e. The lowest BCUT2D eigenvalue weighted by molar-refractivity contribution is -0.132. The van der Waals surface area contributed by atoms with Gasteiger partial charge < -0.3 is 25.6 Å². The highest BCUT2D eigenvalue weighted by atomic mass is 19.3. The molecule has 3 amide bonds. The second-order valence-corrected chi connectivity index (χ2v) is 10.9. The second kappa shape index (κ2) is 10.3. The molecule has 3 fully saturated rings.